The van der Waals surface area contributed by atoms with Crippen molar-refractivity contribution >= 4 is 11.7 Å². The summed E-state index contributed by atoms with van der Waals surface area (Å²) in [5.74, 6) is -1.35. The van der Waals surface area contributed by atoms with Crippen LogP contribution in [0.3, 0.4) is 0 Å². The first kappa shape index (κ1) is 11.1. The number of hydrogen-bond donors (Lipinski definition) is 1. The van der Waals surface area contributed by atoms with E-state index in [4.69, 9.17) is 5.11 Å². The molecule has 6 nitrogen and oxygen atoms in total. The van der Waals surface area contributed by atoms with Crippen LogP contribution < -0.4 is 0 Å². The number of aromatic carboxylic acids is 1. The number of rotatable bonds is 3. The van der Waals surface area contributed by atoms with Crippen molar-refractivity contribution in [3.05, 3.63) is 33.6 Å². The molecule has 0 saturated heterocycles. The predicted molar refractivity (Wildman–Crippen MR) is 51.9 cm³/mol. The number of carbonyl (C=O) groups is 1. The maximum absolute atomic E-state index is 10.7. The van der Waals surface area contributed by atoms with E-state index >= 15 is 0 Å². The van der Waals surface area contributed by atoms with Gasteiger partial charge in [0.05, 0.1) is 4.92 Å². The first-order valence-corrected chi connectivity index (χ1v) is 4.32. The van der Waals surface area contributed by atoms with Gasteiger partial charge in [-0.3, -0.25) is 10.1 Å². The summed E-state index contributed by atoms with van der Waals surface area (Å²) in [7, 11) is 0. The third kappa shape index (κ3) is 2.28. The standard InChI is InChI=1S/C9H10N2O4/c1-5(2)6-3-4-7(11(14)15)8(10-6)9(12)13/h3-5H,1-2H3,(H,12,13). The number of hydrogen-bond acceptors (Lipinski definition) is 4. The molecule has 0 bridgehead atoms. The minimum atomic E-state index is -1.38. The van der Waals surface area contributed by atoms with Gasteiger partial charge in [-0.05, 0) is 12.0 Å². The maximum atomic E-state index is 10.7. The van der Waals surface area contributed by atoms with E-state index in [9.17, 15) is 14.9 Å². The van der Waals surface area contributed by atoms with Crippen LogP contribution in [-0.2, 0) is 0 Å². The lowest BCUT2D eigenvalue weighted by atomic mass is 10.1. The first-order chi connectivity index (χ1) is 6.93. The van der Waals surface area contributed by atoms with E-state index in [0.717, 1.165) is 0 Å². The van der Waals surface area contributed by atoms with E-state index in [2.05, 4.69) is 4.98 Å². The van der Waals surface area contributed by atoms with Crippen molar-refractivity contribution in [2.24, 2.45) is 0 Å². The third-order valence-corrected chi connectivity index (χ3v) is 1.89. The van der Waals surface area contributed by atoms with E-state index in [0.29, 0.717) is 5.69 Å². The van der Waals surface area contributed by atoms with Crippen LogP contribution in [0.5, 0.6) is 0 Å². The minimum Gasteiger partial charge on any atom is -0.476 e. The summed E-state index contributed by atoms with van der Waals surface area (Å²) in [4.78, 5) is 24.2. The fraction of sp³-hybridized carbons (Fsp3) is 0.333. The Morgan fingerprint density at radius 3 is 2.53 bits per heavy atom. The Morgan fingerprint density at radius 2 is 2.13 bits per heavy atom. The van der Waals surface area contributed by atoms with Crippen LogP contribution in [0.25, 0.3) is 0 Å². The molecule has 0 saturated carbocycles. The molecule has 0 unspecified atom stereocenters. The highest BCUT2D eigenvalue weighted by molar-refractivity contribution is 5.90. The first-order valence-electron chi connectivity index (χ1n) is 4.32. The van der Waals surface area contributed by atoms with Gasteiger partial charge in [-0.25, -0.2) is 9.78 Å². The maximum Gasteiger partial charge on any atom is 0.361 e. The van der Waals surface area contributed by atoms with Crippen LogP contribution in [0.1, 0.15) is 35.9 Å². The topological polar surface area (TPSA) is 93.3 Å². The quantitative estimate of drug-likeness (QED) is 0.606. The highest BCUT2D eigenvalue weighted by Crippen LogP contribution is 2.20. The lowest BCUT2D eigenvalue weighted by molar-refractivity contribution is -0.385. The minimum absolute atomic E-state index is 0.0314. The van der Waals surface area contributed by atoms with E-state index in [1.165, 1.54) is 12.1 Å². The molecule has 15 heavy (non-hydrogen) atoms. The van der Waals surface area contributed by atoms with E-state index in [1.54, 1.807) is 0 Å². The van der Waals surface area contributed by atoms with Crippen LogP contribution in [0.2, 0.25) is 0 Å². The molecule has 0 spiro atoms. The number of pyridine rings is 1. The summed E-state index contributed by atoms with van der Waals surface area (Å²) in [5, 5.41) is 19.3. The van der Waals surface area contributed by atoms with Crippen LogP contribution in [0.15, 0.2) is 12.1 Å². The average molecular weight is 210 g/mol. The van der Waals surface area contributed by atoms with Crippen LogP contribution in [-0.4, -0.2) is 21.0 Å². The fourth-order valence-corrected chi connectivity index (χ4v) is 1.09. The molecule has 1 N–H and O–H groups in total. The van der Waals surface area contributed by atoms with Crippen LogP contribution in [0.4, 0.5) is 5.69 Å². The summed E-state index contributed by atoms with van der Waals surface area (Å²) >= 11 is 0. The Balaban J connectivity index is 3.33. The lowest BCUT2D eigenvalue weighted by Gasteiger charge is -2.04. The summed E-state index contributed by atoms with van der Waals surface area (Å²) in [6, 6.07) is 2.64. The number of aromatic nitrogens is 1. The Morgan fingerprint density at radius 1 is 1.53 bits per heavy atom. The molecule has 0 radical (unpaired) electrons. The molecule has 0 aliphatic carbocycles. The number of nitrogens with zero attached hydrogens (tertiary/aromatic N) is 2. The molecule has 1 aromatic heterocycles. The zero-order valence-corrected chi connectivity index (χ0v) is 8.30. The highest BCUT2D eigenvalue weighted by Gasteiger charge is 2.22. The van der Waals surface area contributed by atoms with Gasteiger partial charge < -0.3 is 5.11 Å². The Kier molecular flexibility index (Phi) is 2.99. The lowest BCUT2D eigenvalue weighted by Crippen LogP contribution is -2.08. The molecule has 1 heterocycles. The van der Waals surface area contributed by atoms with Crippen LogP contribution in [0, 0.1) is 10.1 Å². The molecule has 0 amide bonds. The van der Waals surface area contributed by atoms with Crippen molar-refractivity contribution in [1.82, 2.24) is 4.98 Å². The predicted octanol–water partition coefficient (Wildman–Crippen LogP) is 1.81. The molecule has 1 rings (SSSR count). The molecular weight excluding hydrogens is 200 g/mol. The van der Waals surface area contributed by atoms with Crippen molar-refractivity contribution in [3.8, 4) is 0 Å². The number of nitro groups is 1. The van der Waals surface area contributed by atoms with Gasteiger partial charge in [0.1, 0.15) is 0 Å². The molecule has 80 valence electrons. The van der Waals surface area contributed by atoms with Gasteiger partial charge in [0, 0.05) is 11.8 Å². The zero-order chi connectivity index (χ0) is 11.6. The molecule has 0 aliphatic heterocycles. The van der Waals surface area contributed by atoms with Crippen molar-refractivity contribution < 1.29 is 14.8 Å². The van der Waals surface area contributed by atoms with Crippen molar-refractivity contribution in [3.63, 3.8) is 0 Å². The summed E-state index contributed by atoms with van der Waals surface area (Å²) < 4.78 is 0. The number of carboxylic acids is 1. The van der Waals surface area contributed by atoms with Gasteiger partial charge in [-0.1, -0.05) is 13.8 Å². The SMILES string of the molecule is CC(C)c1ccc([N+](=O)[O-])c(C(=O)O)n1. The molecule has 6 heteroatoms. The Labute approximate surface area is 85.7 Å². The van der Waals surface area contributed by atoms with Gasteiger partial charge in [0.25, 0.3) is 0 Å². The molecule has 0 aliphatic rings. The smallest absolute Gasteiger partial charge is 0.361 e. The largest absolute Gasteiger partial charge is 0.476 e. The van der Waals surface area contributed by atoms with Crippen molar-refractivity contribution in [1.29, 1.82) is 0 Å². The van der Waals surface area contributed by atoms with E-state index < -0.39 is 22.3 Å². The van der Waals surface area contributed by atoms with Crippen molar-refractivity contribution in [2.45, 2.75) is 19.8 Å². The molecule has 1 aromatic rings. The van der Waals surface area contributed by atoms with Crippen molar-refractivity contribution in [2.75, 3.05) is 0 Å². The summed E-state index contributed by atoms with van der Waals surface area (Å²) in [6.07, 6.45) is 0. The molecule has 0 fully saturated rings. The Bertz CT molecular complexity index is 415. The number of carboxylic acid groups (broad SMARTS) is 1. The average Bonchev–Trinajstić information content (AvgIpc) is 2.16. The monoisotopic (exact) mass is 210 g/mol. The second kappa shape index (κ2) is 4.04. The third-order valence-electron chi connectivity index (χ3n) is 1.89. The normalized spacial score (nSPS) is 10.3. The van der Waals surface area contributed by atoms with Gasteiger partial charge >= 0.3 is 11.7 Å². The van der Waals surface area contributed by atoms with E-state index in [-0.39, 0.29) is 5.92 Å². The second-order valence-corrected chi connectivity index (χ2v) is 3.32. The van der Waals surface area contributed by atoms with Crippen LogP contribution >= 0.6 is 0 Å². The van der Waals surface area contributed by atoms with Gasteiger partial charge in [-0.2, -0.15) is 0 Å². The molecular formula is C9H10N2O4. The summed E-state index contributed by atoms with van der Waals surface area (Å²) in [6.45, 7) is 3.67. The second-order valence-electron chi connectivity index (χ2n) is 3.32. The summed E-state index contributed by atoms with van der Waals surface area (Å²) in [5.41, 5.74) is -0.462. The van der Waals surface area contributed by atoms with E-state index in [1.807, 2.05) is 13.8 Å². The van der Waals surface area contributed by atoms with Gasteiger partial charge in [0.15, 0.2) is 0 Å². The Hall–Kier alpha value is -1.98. The van der Waals surface area contributed by atoms with Gasteiger partial charge in [0.2, 0.25) is 5.69 Å². The molecule has 0 atom stereocenters. The zero-order valence-electron chi connectivity index (χ0n) is 8.30. The fourth-order valence-electron chi connectivity index (χ4n) is 1.09. The van der Waals surface area contributed by atoms with Gasteiger partial charge in [-0.15, -0.1) is 0 Å². The highest BCUT2D eigenvalue weighted by atomic mass is 16.6. The molecule has 0 aromatic carbocycles.